The number of carbonyl (C=O) groups is 3. The summed E-state index contributed by atoms with van der Waals surface area (Å²) in [6, 6.07) is 0. The van der Waals surface area contributed by atoms with Gasteiger partial charge in [-0.1, -0.05) is 6.42 Å². The van der Waals surface area contributed by atoms with Gasteiger partial charge in [0.1, 0.15) is 0 Å². The van der Waals surface area contributed by atoms with Crippen LogP contribution in [0.4, 0.5) is 0 Å². The molecule has 0 radical (unpaired) electrons. The molecule has 2 fully saturated rings. The molecule has 1 saturated carbocycles. The van der Waals surface area contributed by atoms with Crippen LogP contribution in [-0.2, 0) is 19.1 Å². The van der Waals surface area contributed by atoms with Crippen LogP contribution < -0.4 is 0 Å². The van der Waals surface area contributed by atoms with Crippen molar-refractivity contribution in [3.8, 4) is 0 Å². The number of aliphatic hydroxyl groups is 1. The smallest absolute Gasteiger partial charge is 0.308 e. The Morgan fingerprint density at radius 1 is 1.37 bits per heavy atom. The molecule has 6 nitrogen and oxygen atoms in total. The Hall–Kier alpha value is -1.43. The molecule has 1 aliphatic carbocycles. The highest BCUT2D eigenvalue weighted by atomic mass is 16.5. The number of carbonyl (C=O) groups excluding carboxylic acids is 3. The third kappa shape index (κ3) is 2.78. The van der Waals surface area contributed by atoms with Gasteiger partial charge in [0.05, 0.1) is 37.5 Å². The summed E-state index contributed by atoms with van der Waals surface area (Å²) in [6.07, 6.45) is 1.16. The van der Waals surface area contributed by atoms with Gasteiger partial charge in [0.15, 0.2) is 0 Å². The summed E-state index contributed by atoms with van der Waals surface area (Å²) in [6.45, 7) is 1.82. The van der Waals surface area contributed by atoms with Gasteiger partial charge in [0.2, 0.25) is 11.8 Å². The van der Waals surface area contributed by atoms with E-state index in [1.165, 1.54) is 0 Å². The molecule has 1 heterocycles. The zero-order valence-electron chi connectivity index (χ0n) is 11.0. The first kappa shape index (κ1) is 14.0. The molecule has 0 aromatic heterocycles. The van der Waals surface area contributed by atoms with Crippen LogP contribution in [0.25, 0.3) is 0 Å². The SMILES string of the molecule is CCOC(=O)CC(O)CN1C(=O)C2CCCC2C1=O. The highest BCUT2D eigenvalue weighted by molar-refractivity contribution is 6.05. The van der Waals surface area contributed by atoms with Gasteiger partial charge in [-0.2, -0.15) is 0 Å². The summed E-state index contributed by atoms with van der Waals surface area (Å²) in [7, 11) is 0. The number of esters is 1. The number of hydrogen-bond donors (Lipinski definition) is 1. The molecule has 106 valence electrons. The molecular formula is C13H19NO5. The molecule has 1 N–H and O–H groups in total. The van der Waals surface area contributed by atoms with Crippen molar-refractivity contribution >= 4 is 17.8 Å². The summed E-state index contributed by atoms with van der Waals surface area (Å²) >= 11 is 0. The molecule has 19 heavy (non-hydrogen) atoms. The van der Waals surface area contributed by atoms with Gasteiger partial charge in [-0.15, -0.1) is 0 Å². The average molecular weight is 269 g/mol. The Bertz CT molecular complexity index is 372. The van der Waals surface area contributed by atoms with Crippen molar-refractivity contribution in [1.29, 1.82) is 0 Å². The lowest BCUT2D eigenvalue weighted by molar-refractivity contribution is -0.149. The van der Waals surface area contributed by atoms with Crippen LogP contribution in [0.15, 0.2) is 0 Å². The van der Waals surface area contributed by atoms with E-state index in [0.717, 1.165) is 24.2 Å². The van der Waals surface area contributed by atoms with Crippen LogP contribution in [-0.4, -0.2) is 47.0 Å². The summed E-state index contributed by atoms with van der Waals surface area (Å²) in [5.41, 5.74) is 0. The Balaban J connectivity index is 1.90. The third-order valence-electron chi connectivity index (χ3n) is 3.78. The molecule has 2 amide bonds. The van der Waals surface area contributed by atoms with E-state index in [4.69, 9.17) is 4.74 Å². The average Bonchev–Trinajstić information content (AvgIpc) is 2.90. The quantitative estimate of drug-likeness (QED) is 0.564. The molecule has 1 aliphatic heterocycles. The zero-order valence-corrected chi connectivity index (χ0v) is 11.0. The Kier molecular flexibility index (Phi) is 4.19. The standard InChI is InChI=1S/C13H19NO5/c1-2-19-11(16)6-8(15)7-14-12(17)9-4-3-5-10(9)13(14)18/h8-10,15H,2-7H2,1H3. The number of likely N-dealkylation sites (tertiary alicyclic amines) is 1. The highest BCUT2D eigenvalue weighted by Crippen LogP contribution is 2.39. The van der Waals surface area contributed by atoms with E-state index in [0.29, 0.717) is 0 Å². The number of nitrogens with zero attached hydrogens (tertiary/aromatic N) is 1. The van der Waals surface area contributed by atoms with Gasteiger partial charge in [-0.05, 0) is 19.8 Å². The first-order chi connectivity index (χ1) is 9.04. The molecule has 2 rings (SSSR count). The minimum atomic E-state index is -1.05. The van der Waals surface area contributed by atoms with Crippen LogP contribution in [0.3, 0.4) is 0 Å². The minimum absolute atomic E-state index is 0.108. The lowest BCUT2D eigenvalue weighted by Gasteiger charge is -2.19. The maximum Gasteiger partial charge on any atom is 0.308 e. The molecule has 2 aliphatic rings. The summed E-state index contributed by atoms with van der Waals surface area (Å²) < 4.78 is 4.72. The van der Waals surface area contributed by atoms with Crippen molar-refractivity contribution in [1.82, 2.24) is 4.90 Å². The van der Waals surface area contributed by atoms with Gasteiger partial charge in [0.25, 0.3) is 0 Å². The molecule has 0 aromatic rings. The Morgan fingerprint density at radius 2 is 1.95 bits per heavy atom. The van der Waals surface area contributed by atoms with Crippen LogP contribution in [0.1, 0.15) is 32.6 Å². The maximum atomic E-state index is 12.0. The maximum absolute atomic E-state index is 12.0. The van der Waals surface area contributed by atoms with Crippen LogP contribution in [0, 0.1) is 11.8 Å². The van der Waals surface area contributed by atoms with E-state index < -0.39 is 12.1 Å². The highest BCUT2D eigenvalue weighted by Gasteiger charge is 2.49. The van der Waals surface area contributed by atoms with E-state index in [1.807, 2.05) is 0 Å². The van der Waals surface area contributed by atoms with E-state index in [2.05, 4.69) is 0 Å². The van der Waals surface area contributed by atoms with Crippen molar-refractivity contribution in [2.45, 2.75) is 38.7 Å². The van der Waals surface area contributed by atoms with Crippen LogP contribution in [0.2, 0.25) is 0 Å². The fraction of sp³-hybridized carbons (Fsp3) is 0.769. The molecular weight excluding hydrogens is 250 g/mol. The number of ether oxygens (including phenoxy) is 1. The van der Waals surface area contributed by atoms with E-state index >= 15 is 0 Å². The number of fused-ring (bicyclic) bond motifs is 1. The van der Waals surface area contributed by atoms with Gasteiger partial charge in [-0.25, -0.2) is 0 Å². The Morgan fingerprint density at radius 3 is 2.47 bits per heavy atom. The minimum Gasteiger partial charge on any atom is -0.466 e. The lowest BCUT2D eigenvalue weighted by Crippen LogP contribution is -2.39. The first-order valence-electron chi connectivity index (χ1n) is 6.73. The van der Waals surface area contributed by atoms with Gasteiger partial charge in [-0.3, -0.25) is 19.3 Å². The summed E-state index contributed by atoms with van der Waals surface area (Å²) in [5.74, 6) is -1.33. The summed E-state index contributed by atoms with van der Waals surface area (Å²) in [5, 5.41) is 9.76. The van der Waals surface area contributed by atoms with Crippen molar-refractivity contribution in [3.05, 3.63) is 0 Å². The zero-order chi connectivity index (χ0) is 14.0. The fourth-order valence-corrected chi connectivity index (χ4v) is 2.93. The molecule has 6 heteroatoms. The van der Waals surface area contributed by atoms with Crippen LogP contribution >= 0.6 is 0 Å². The normalized spacial score (nSPS) is 27.6. The first-order valence-corrected chi connectivity index (χ1v) is 6.73. The van der Waals surface area contributed by atoms with Gasteiger partial charge < -0.3 is 9.84 Å². The van der Waals surface area contributed by atoms with E-state index in [9.17, 15) is 19.5 Å². The van der Waals surface area contributed by atoms with Gasteiger partial charge >= 0.3 is 5.97 Å². The molecule has 3 unspecified atom stereocenters. The van der Waals surface area contributed by atoms with Crippen molar-refractivity contribution in [2.24, 2.45) is 11.8 Å². The van der Waals surface area contributed by atoms with Crippen molar-refractivity contribution in [2.75, 3.05) is 13.2 Å². The largest absolute Gasteiger partial charge is 0.466 e. The lowest BCUT2D eigenvalue weighted by atomic mass is 10.00. The van der Waals surface area contributed by atoms with Crippen LogP contribution in [0.5, 0.6) is 0 Å². The van der Waals surface area contributed by atoms with Crippen molar-refractivity contribution in [3.63, 3.8) is 0 Å². The second-order valence-electron chi connectivity index (χ2n) is 5.09. The molecule has 0 aromatic carbocycles. The number of amides is 2. The number of β-amino-alcohol motifs (C(OH)–C–C–N with tert-alkyl or cyclic N) is 1. The number of aliphatic hydroxyl groups excluding tert-OH is 1. The number of rotatable bonds is 5. The van der Waals surface area contributed by atoms with E-state index in [1.54, 1.807) is 6.92 Å². The molecule has 3 atom stereocenters. The number of imide groups is 1. The molecule has 0 bridgehead atoms. The predicted octanol–water partition coefficient (Wildman–Crippen LogP) is 0.0856. The Labute approximate surface area is 111 Å². The second kappa shape index (κ2) is 5.69. The second-order valence-corrected chi connectivity index (χ2v) is 5.09. The molecule has 0 spiro atoms. The van der Waals surface area contributed by atoms with Gasteiger partial charge in [0, 0.05) is 0 Å². The topological polar surface area (TPSA) is 83.9 Å². The predicted molar refractivity (Wildman–Crippen MR) is 64.8 cm³/mol. The summed E-state index contributed by atoms with van der Waals surface area (Å²) in [4.78, 5) is 36.4. The number of hydrogen-bond acceptors (Lipinski definition) is 5. The monoisotopic (exact) mass is 269 g/mol. The molecule has 1 saturated heterocycles. The third-order valence-corrected chi connectivity index (χ3v) is 3.78. The van der Waals surface area contributed by atoms with E-state index in [-0.39, 0.29) is 43.2 Å². The fourth-order valence-electron chi connectivity index (χ4n) is 2.93. The van der Waals surface area contributed by atoms with Crippen molar-refractivity contribution < 1.29 is 24.2 Å².